The van der Waals surface area contributed by atoms with Crippen molar-refractivity contribution in [2.45, 2.75) is 19.8 Å². The van der Waals surface area contributed by atoms with Crippen molar-refractivity contribution in [2.75, 3.05) is 11.9 Å². The van der Waals surface area contributed by atoms with E-state index in [0.717, 1.165) is 18.9 Å². The second-order valence-electron chi connectivity index (χ2n) is 5.79. The van der Waals surface area contributed by atoms with Crippen molar-refractivity contribution < 1.29 is 14.5 Å². The Labute approximate surface area is 167 Å². The Kier molecular flexibility index (Phi) is 7.55. The summed E-state index contributed by atoms with van der Waals surface area (Å²) in [6.45, 7) is 2.58. The first-order valence-corrected chi connectivity index (χ1v) is 8.93. The highest BCUT2D eigenvalue weighted by Crippen LogP contribution is 2.28. The molecule has 0 unspecified atom stereocenters. The lowest BCUT2D eigenvalue weighted by molar-refractivity contribution is -0.384. The number of unbranched alkanes of at least 4 members (excludes halogenated alkanes) is 1. The van der Waals surface area contributed by atoms with Gasteiger partial charge in [0.15, 0.2) is 0 Å². The van der Waals surface area contributed by atoms with Crippen LogP contribution in [-0.4, -0.2) is 17.4 Å². The number of halogens is 1. The molecule has 0 atom stereocenters. The van der Waals surface area contributed by atoms with Gasteiger partial charge in [0.1, 0.15) is 22.4 Å². The molecule has 0 aliphatic rings. The second-order valence-corrected chi connectivity index (χ2v) is 6.19. The van der Waals surface area contributed by atoms with Crippen LogP contribution in [0.2, 0.25) is 5.02 Å². The molecule has 2 aromatic carbocycles. The lowest BCUT2D eigenvalue weighted by Crippen LogP contribution is -2.13. The minimum Gasteiger partial charge on any atom is -0.493 e. The minimum absolute atomic E-state index is 0.0443. The fraction of sp³-hybridized carbons (Fsp3) is 0.200. The number of hydrogen-bond donors (Lipinski definition) is 1. The van der Waals surface area contributed by atoms with Gasteiger partial charge in [-0.05, 0) is 30.7 Å². The summed E-state index contributed by atoms with van der Waals surface area (Å²) in [7, 11) is 0. The number of nitrogens with one attached hydrogen (secondary N) is 1. The van der Waals surface area contributed by atoms with E-state index in [1.165, 1.54) is 18.2 Å². The lowest BCUT2D eigenvalue weighted by atomic mass is 10.1. The van der Waals surface area contributed by atoms with Gasteiger partial charge in [0, 0.05) is 17.3 Å². The Bertz CT molecular complexity index is 951. The molecule has 0 saturated carbocycles. The molecule has 0 aromatic heterocycles. The van der Waals surface area contributed by atoms with Crippen LogP contribution in [0.1, 0.15) is 25.3 Å². The molecule has 0 aliphatic heterocycles. The Morgan fingerprint density at radius 1 is 1.36 bits per heavy atom. The Morgan fingerprint density at radius 3 is 2.79 bits per heavy atom. The molecule has 1 amide bonds. The maximum absolute atomic E-state index is 12.4. The first-order valence-electron chi connectivity index (χ1n) is 8.55. The molecule has 0 aliphatic carbocycles. The van der Waals surface area contributed by atoms with Gasteiger partial charge in [0.2, 0.25) is 0 Å². The van der Waals surface area contributed by atoms with E-state index >= 15 is 0 Å². The average molecular weight is 400 g/mol. The SMILES string of the molecule is CCCCOc1ccccc1/C=C(\C#N)C(=O)Nc1ccc(Cl)c([N+](=O)[O-])c1. The number of anilines is 1. The summed E-state index contributed by atoms with van der Waals surface area (Å²) < 4.78 is 5.70. The Morgan fingerprint density at radius 2 is 2.11 bits per heavy atom. The van der Waals surface area contributed by atoms with Crippen molar-refractivity contribution in [3.05, 3.63) is 68.7 Å². The number of para-hydroxylation sites is 1. The van der Waals surface area contributed by atoms with E-state index in [1.54, 1.807) is 24.3 Å². The van der Waals surface area contributed by atoms with E-state index in [4.69, 9.17) is 16.3 Å². The number of carbonyl (C=O) groups is 1. The first-order chi connectivity index (χ1) is 13.5. The molecule has 144 valence electrons. The fourth-order valence-electron chi connectivity index (χ4n) is 2.29. The molecular weight excluding hydrogens is 382 g/mol. The monoisotopic (exact) mass is 399 g/mol. The van der Waals surface area contributed by atoms with Crippen LogP contribution in [0.15, 0.2) is 48.0 Å². The largest absolute Gasteiger partial charge is 0.493 e. The van der Waals surface area contributed by atoms with Gasteiger partial charge >= 0.3 is 0 Å². The van der Waals surface area contributed by atoms with E-state index in [1.807, 2.05) is 13.0 Å². The molecule has 0 bridgehead atoms. The topological polar surface area (TPSA) is 105 Å². The minimum atomic E-state index is -0.692. The molecule has 0 fully saturated rings. The third kappa shape index (κ3) is 5.56. The summed E-state index contributed by atoms with van der Waals surface area (Å²) >= 11 is 5.76. The summed E-state index contributed by atoms with van der Waals surface area (Å²) in [5, 5.41) is 22.8. The number of nitro benzene ring substituents is 1. The van der Waals surface area contributed by atoms with Crippen LogP contribution < -0.4 is 10.1 Å². The second kappa shape index (κ2) is 10.1. The van der Waals surface area contributed by atoms with E-state index in [-0.39, 0.29) is 22.0 Å². The van der Waals surface area contributed by atoms with Crippen molar-refractivity contribution in [1.29, 1.82) is 5.26 Å². The molecule has 0 saturated heterocycles. The quantitative estimate of drug-likeness (QED) is 0.222. The molecule has 8 heteroatoms. The van der Waals surface area contributed by atoms with Crippen molar-refractivity contribution in [2.24, 2.45) is 0 Å². The third-order valence-electron chi connectivity index (χ3n) is 3.74. The summed E-state index contributed by atoms with van der Waals surface area (Å²) in [5.41, 5.74) is 0.253. The van der Waals surface area contributed by atoms with Gasteiger partial charge in [-0.15, -0.1) is 0 Å². The maximum atomic E-state index is 12.4. The zero-order chi connectivity index (χ0) is 20.5. The van der Waals surface area contributed by atoms with E-state index in [0.29, 0.717) is 17.9 Å². The maximum Gasteiger partial charge on any atom is 0.289 e. The van der Waals surface area contributed by atoms with Crippen molar-refractivity contribution in [3.8, 4) is 11.8 Å². The molecule has 0 spiro atoms. The molecule has 0 heterocycles. The summed E-state index contributed by atoms with van der Waals surface area (Å²) in [5.74, 6) is -0.124. The van der Waals surface area contributed by atoms with Crippen LogP contribution >= 0.6 is 11.6 Å². The predicted molar refractivity (Wildman–Crippen MR) is 107 cm³/mol. The van der Waals surface area contributed by atoms with Gasteiger partial charge in [-0.25, -0.2) is 0 Å². The van der Waals surface area contributed by atoms with Crippen LogP contribution in [0.3, 0.4) is 0 Å². The number of nitriles is 1. The molecular formula is C20H18ClN3O4. The third-order valence-corrected chi connectivity index (χ3v) is 4.06. The van der Waals surface area contributed by atoms with Crippen LogP contribution in [0.5, 0.6) is 5.75 Å². The van der Waals surface area contributed by atoms with Crippen LogP contribution in [0.4, 0.5) is 11.4 Å². The number of nitrogens with zero attached hydrogens (tertiary/aromatic N) is 2. The van der Waals surface area contributed by atoms with Gasteiger partial charge in [-0.1, -0.05) is 43.1 Å². The van der Waals surface area contributed by atoms with Crippen molar-refractivity contribution in [3.63, 3.8) is 0 Å². The van der Waals surface area contributed by atoms with Crippen LogP contribution in [0.25, 0.3) is 6.08 Å². The smallest absolute Gasteiger partial charge is 0.289 e. The van der Waals surface area contributed by atoms with E-state index < -0.39 is 10.8 Å². The number of hydrogen-bond acceptors (Lipinski definition) is 5. The first kappa shape index (κ1) is 20.9. The number of amides is 1. The molecule has 28 heavy (non-hydrogen) atoms. The zero-order valence-corrected chi connectivity index (χ0v) is 15.9. The average Bonchev–Trinajstić information content (AvgIpc) is 2.68. The standard InChI is InChI=1S/C20H18ClN3O4/c1-2-3-10-28-19-7-5-4-6-14(19)11-15(13-22)20(25)23-16-8-9-17(21)18(12-16)24(26)27/h4-9,11-12H,2-3,10H2,1H3,(H,23,25)/b15-11+. The zero-order valence-electron chi connectivity index (χ0n) is 15.1. The van der Waals surface area contributed by atoms with Gasteiger partial charge in [-0.2, -0.15) is 5.26 Å². The number of ether oxygens (including phenoxy) is 1. The normalized spacial score (nSPS) is 10.8. The Hall–Kier alpha value is -3.37. The molecule has 2 rings (SSSR count). The van der Waals surface area contributed by atoms with Crippen molar-refractivity contribution >= 4 is 35.0 Å². The van der Waals surface area contributed by atoms with Gasteiger partial charge in [0.25, 0.3) is 11.6 Å². The summed E-state index contributed by atoms with van der Waals surface area (Å²) in [6, 6.07) is 12.8. The lowest BCUT2D eigenvalue weighted by Gasteiger charge is -2.09. The Balaban J connectivity index is 2.24. The number of nitro groups is 1. The van der Waals surface area contributed by atoms with Crippen LogP contribution in [0, 0.1) is 21.4 Å². The van der Waals surface area contributed by atoms with E-state index in [2.05, 4.69) is 5.32 Å². The molecule has 2 aromatic rings. The van der Waals surface area contributed by atoms with Gasteiger partial charge in [0.05, 0.1) is 11.5 Å². The molecule has 0 radical (unpaired) electrons. The number of benzene rings is 2. The summed E-state index contributed by atoms with van der Waals surface area (Å²) in [6.07, 6.45) is 3.29. The number of rotatable bonds is 8. The predicted octanol–water partition coefficient (Wildman–Crippen LogP) is 4.97. The van der Waals surface area contributed by atoms with Crippen LogP contribution in [-0.2, 0) is 4.79 Å². The number of carbonyl (C=O) groups excluding carboxylic acids is 1. The van der Waals surface area contributed by atoms with Gasteiger partial charge < -0.3 is 10.1 Å². The fourth-order valence-corrected chi connectivity index (χ4v) is 2.48. The van der Waals surface area contributed by atoms with E-state index in [9.17, 15) is 20.2 Å². The van der Waals surface area contributed by atoms with Crippen molar-refractivity contribution in [1.82, 2.24) is 0 Å². The van der Waals surface area contributed by atoms with Gasteiger partial charge in [-0.3, -0.25) is 14.9 Å². The molecule has 1 N–H and O–H groups in total. The highest BCUT2D eigenvalue weighted by molar-refractivity contribution is 6.32. The highest BCUT2D eigenvalue weighted by atomic mass is 35.5. The highest BCUT2D eigenvalue weighted by Gasteiger charge is 2.16. The molecule has 7 nitrogen and oxygen atoms in total. The summed E-state index contributed by atoms with van der Waals surface area (Å²) in [4.78, 5) is 22.8.